The van der Waals surface area contributed by atoms with Crippen molar-refractivity contribution in [1.29, 1.82) is 0 Å². The van der Waals surface area contributed by atoms with Crippen LogP contribution in [-0.4, -0.2) is 32.1 Å². The SMILES string of the molecule is COc1ccc2c(c1OC)C(=O)OC2N(C)Cc1ccccc1. The van der Waals surface area contributed by atoms with Gasteiger partial charge in [-0.05, 0) is 24.7 Å². The summed E-state index contributed by atoms with van der Waals surface area (Å²) < 4.78 is 16.2. The van der Waals surface area contributed by atoms with E-state index in [9.17, 15) is 4.79 Å². The van der Waals surface area contributed by atoms with Gasteiger partial charge in [0.1, 0.15) is 5.56 Å². The van der Waals surface area contributed by atoms with Crippen LogP contribution in [0.1, 0.15) is 27.7 Å². The average Bonchev–Trinajstić information content (AvgIpc) is 2.92. The molecule has 0 amide bonds. The summed E-state index contributed by atoms with van der Waals surface area (Å²) in [6, 6.07) is 13.7. The zero-order valence-electron chi connectivity index (χ0n) is 13.4. The van der Waals surface area contributed by atoms with Gasteiger partial charge in [0.05, 0.1) is 14.2 Å². The molecule has 1 heterocycles. The fraction of sp³-hybridized carbons (Fsp3) is 0.278. The molecule has 0 fully saturated rings. The van der Waals surface area contributed by atoms with Crippen LogP contribution in [0.25, 0.3) is 0 Å². The van der Waals surface area contributed by atoms with Crippen molar-refractivity contribution in [3.05, 3.63) is 59.2 Å². The average molecular weight is 313 g/mol. The van der Waals surface area contributed by atoms with Crippen molar-refractivity contribution in [2.24, 2.45) is 0 Å². The number of cyclic esters (lactones) is 1. The lowest BCUT2D eigenvalue weighted by Gasteiger charge is -2.23. The molecule has 1 aliphatic rings. The van der Waals surface area contributed by atoms with E-state index in [0.29, 0.717) is 23.6 Å². The molecule has 3 rings (SSSR count). The minimum Gasteiger partial charge on any atom is -0.493 e. The Morgan fingerprint density at radius 2 is 1.83 bits per heavy atom. The van der Waals surface area contributed by atoms with Gasteiger partial charge in [0, 0.05) is 12.1 Å². The standard InChI is InChI=1S/C18H19NO4/c1-19(11-12-7-5-4-6-8-12)17-13-9-10-14(21-2)16(22-3)15(13)18(20)23-17/h4-10,17H,11H2,1-3H3. The summed E-state index contributed by atoms with van der Waals surface area (Å²) in [4.78, 5) is 14.3. The maximum absolute atomic E-state index is 12.3. The summed E-state index contributed by atoms with van der Waals surface area (Å²) in [5, 5.41) is 0. The molecule has 120 valence electrons. The van der Waals surface area contributed by atoms with E-state index in [1.807, 2.05) is 48.3 Å². The highest BCUT2D eigenvalue weighted by Crippen LogP contribution is 2.42. The van der Waals surface area contributed by atoms with E-state index in [1.54, 1.807) is 13.2 Å². The van der Waals surface area contributed by atoms with Gasteiger partial charge >= 0.3 is 5.97 Å². The fourth-order valence-corrected chi connectivity index (χ4v) is 2.86. The number of hydrogen-bond acceptors (Lipinski definition) is 5. The van der Waals surface area contributed by atoms with Gasteiger partial charge in [0.25, 0.3) is 0 Å². The van der Waals surface area contributed by atoms with E-state index in [-0.39, 0.29) is 5.97 Å². The van der Waals surface area contributed by atoms with Gasteiger partial charge in [-0.15, -0.1) is 0 Å². The lowest BCUT2D eigenvalue weighted by Crippen LogP contribution is -2.24. The maximum atomic E-state index is 12.3. The van der Waals surface area contributed by atoms with Crippen LogP contribution < -0.4 is 9.47 Å². The first-order valence-electron chi connectivity index (χ1n) is 7.35. The van der Waals surface area contributed by atoms with Crippen molar-refractivity contribution in [2.45, 2.75) is 12.8 Å². The van der Waals surface area contributed by atoms with Gasteiger partial charge in [-0.25, -0.2) is 4.79 Å². The van der Waals surface area contributed by atoms with E-state index in [1.165, 1.54) is 7.11 Å². The minimum atomic E-state index is -0.433. The second kappa shape index (κ2) is 6.30. The molecule has 0 saturated carbocycles. The molecule has 5 nitrogen and oxygen atoms in total. The van der Waals surface area contributed by atoms with E-state index in [0.717, 1.165) is 11.1 Å². The Labute approximate surface area is 135 Å². The van der Waals surface area contributed by atoms with Crippen molar-refractivity contribution >= 4 is 5.97 Å². The molecule has 0 spiro atoms. The van der Waals surface area contributed by atoms with Crippen LogP contribution in [0.2, 0.25) is 0 Å². The fourth-order valence-electron chi connectivity index (χ4n) is 2.86. The molecule has 0 aromatic heterocycles. The van der Waals surface area contributed by atoms with Gasteiger partial charge < -0.3 is 14.2 Å². The first kappa shape index (κ1) is 15.4. The Bertz CT molecular complexity index is 714. The van der Waals surface area contributed by atoms with Crippen LogP contribution in [0.4, 0.5) is 0 Å². The smallest absolute Gasteiger partial charge is 0.344 e. The van der Waals surface area contributed by atoms with Crippen LogP contribution in [0.5, 0.6) is 11.5 Å². The molecule has 1 aliphatic heterocycles. The third-order valence-corrected chi connectivity index (χ3v) is 3.94. The number of carbonyl (C=O) groups is 1. The first-order chi connectivity index (χ1) is 11.2. The number of esters is 1. The quantitative estimate of drug-likeness (QED) is 0.794. The Morgan fingerprint density at radius 1 is 1.09 bits per heavy atom. The largest absolute Gasteiger partial charge is 0.493 e. The monoisotopic (exact) mass is 313 g/mol. The van der Waals surface area contributed by atoms with Crippen LogP contribution >= 0.6 is 0 Å². The van der Waals surface area contributed by atoms with Crippen LogP contribution in [0.15, 0.2) is 42.5 Å². The molecule has 0 aliphatic carbocycles. The molecule has 1 unspecified atom stereocenters. The number of nitrogens with zero attached hydrogens (tertiary/aromatic N) is 1. The predicted molar refractivity (Wildman–Crippen MR) is 85.6 cm³/mol. The molecular weight excluding hydrogens is 294 g/mol. The minimum absolute atomic E-state index is 0.388. The van der Waals surface area contributed by atoms with Crippen LogP contribution in [0, 0.1) is 0 Å². The topological polar surface area (TPSA) is 48.0 Å². The summed E-state index contributed by atoms with van der Waals surface area (Å²) in [7, 11) is 4.99. The number of fused-ring (bicyclic) bond motifs is 1. The van der Waals surface area contributed by atoms with Gasteiger partial charge in [-0.3, -0.25) is 4.90 Å². The number of rotatable bonds is 5. The summed E-state index contributed by atoms with van der Waals surface area (Å²) in [6.45, 7) is 0.673. The number of hydrogen-bond donors (Lipinski definition) is 0. The normalized spacial score (nSPS) is 16.2. The molecule has 5 heteroatoms. The zero-order valence-corrected chi connectivity index (χ0v) is 13.4. The predicted octanol–water partition coefficient (Wildman–Crippen LogP) is 3.00. The highest BCUT2D eigenvalue weighted by atomic mass is 16.6. The number of methoxy groups -OCH3 is 2. The van der Waals surface area contributed by atoms with Gasteiger partial charge in [-0.1, -0.05) is 30.3 Å². The highest BCUT2D eigenvalue weighted by Gasteiger charge is 2.37. The lowest BCUT2D eigenvalue weighted by molar-refractivity contribution is -0.0157. The molecule has 1 atom stereocenters. The summed E-state index contributed by atoms with van der Waals surface area (Å²) >= 11 is 0. The van der Waals surface area contributed by atoms with Crippen molar-refractivity contribution in [2.75, 3.05) is 21.3 Å². The molecule has 0 radical (unpaired) electrons. The second-order valence-corrected chi connectivity index (χ2v) is 5.42. The summed E-state index contributed by atoms with van der Waals surface area (Å²) in [5.74, 6) is 0.556. The van der Waals surface area contributed by atoms with E-state index < -0.39 is 6.23 Å². The number of benzene rings is 2. The Balaban J connectivity index is 1.92. The Hall–Kier alpha value is -2.53. The molecule has 0 bridgehead atoms. The van der Waals surface area contributed by atoms with Gasteiger partial charge in [-0.2, -0.15) is 0 Å². The summed E-state index contributed by atoms with van der Waals surface area (Å²) in [5.41, 5.74) is 2.39. The molecule has 2 aromatic carbocycles. The Kier molecular flexibility index (Phi) is 4.21. The third-order valence-electron chi connectivity index (χ3n) is 3.94. The molecule has 0 N–H and O–H groups in total. The van der Waals surface area contributed by atoms with Crippen molar-refractivity contribution in [1.82, 2.24) is 4.90 Å². The molecular formula is C18H19NO4. The Morgan fingerprint density at radius 3 is 2.48 bits per heavy atom. The van der Waals surface area contributed by atoms with Crippen molar-refractivity contribution < 1.29 is 19.0 Å². The zero-order chi connectivity index (χ0) is 16.4. The first-order valence-corrected chi connectivity index (χ1v) is 7.35. The van der Waals surface area contributed by atoms with E-state index >= 15 is 0 Å². The number of carbonyl (C=O) groups excluding carboxylic acids is 1. The maximum Gasteiger partial charge on any atom is 0.344 e. The lowest BCUT2D eigenvalue weighted by atomic mass is 10.1. The van der Waals surface area contributed by atoms with Gasteiger partial charge in [0.2, 0.25) is 0 Å². The van der Waals surface area contributed by atoms with Crippen LogP contribution in [0.3, 0.4) is 0 Å². The van der Waals surface area contributed by atoms with E-state index in [2.05, 4.69) is 0 Å². The van der Waals surface area contributed by atoms with Gasteiger partial charge in [0.15, 0.2) is 17.7 Å². The molecule has 23 heavy (non-hydrogen) atoms. The second-order valence-electron chi connectivity index (χ2n) is 5.42. The van der Waals surface area contributed by atoms with E-state index in [4.69, 9.17) is 14.2 Å². The number of ether oxygens (including phenoxy) is 3. The van der Waals surface area contributed by atoms with Crippen molar-refractivity contribution in [3.63, 3.8) is 0 Å². The molecule has 0 saturated heterocycles. The third kappa shape index (κ3) is 2.75. The molecule has 2 aromatic rings. The highest BCUT2D eigenvalue weighted by molar-refractivity contribution is 5.98. The van der Waals surface area contributed by atoms with Crippen molar-refractivity contribution in [3.8, 4) is 11.5 Å². The van der Waals surface area contributed by atoms with Crippen LogP contribution in [-0.2, 0) is 11.3 Å². The summed E-state index contributed by atoms with van der Waals surface area (Å²) in [6.07, 6.45) is -0.433.